The lowest BCUT2D eigenvalue weighted by atomic mass is 10.1. The van der Waals surface area contributed by atoms with E-state index in [-0.39, 0.29) is 0 Å². The van der Waals surface area contributed by atoms with Crippen molar-refractivity contribution >= 4 is 17.2 Å². The van der Waals surface area contributed by atoms with Gasteiger partial charge in [-0.2, -0.15) is 0 Å². The summed E-state index contributed by atoms with van der Waals surface area (Å²) in [6, 6.07) is 5.84. The number of aldehydes is 1. The summed E-state index contributed by atoms with van der Waals surface area (Å²) in [5.74, 6) is 0. The van der Waals surface area contributed by atoms with Crippen molar-refractivity contribution in [1.29, 1.82) is 0 Å². The predicted octanol–water partition coefficient (Wildman–Crippen LogP) is 2.29. The maximum absolute atomic E-state index is 10.6. The number of aromatic nitrogens is 1. The Bertz CT molecular complexity index is 428. The third-order valence-corrected chi connectivity index (χ3v) is 2.07. The summed E-state index contributed by atoms with van der Waals surface area (Å²) in [6.45, 7) is 1.93. The van der Waals surface area contributed by atoms with Crippen molar-refractivity contribution < 1.29 is 4.79 Å². The van der Waals surface area contributed by atoms with Gasteiger partial charge in [0.15, 0.2) is 0 Å². The number of benzene rings is 1. The Kier molecular flexibility index (Phi) is 1.47. The van der Waals surface area contributed by atoms with E-state index < -0.39 is 0 Å². The minimum atomic E-state index is 0.766. The van der Waals surface area contributed by atoms with E-state index in [4.69, 9.17) is 0 Å². The zero-order chi connectivity index (χ0) is 8.55. The highest BCUT2D eigenvalue weighted by Gasteiger charge is 1.99. The number of fused-ring (bicyclic) bond motifs is 1. The monoisotopic (exact) mass is 159 g/mol. The molecule has 60 valence electrons. The molecule has 2 aromatic rings. The molecule has 0 fully saturated rings. The quantitative estimate of drug-likeness (QED) is 0.636. The number of H-pyrrole nitrogens is 1. The van der Waals surface area contributed by atoms with Gasteiger partial charge in [0.05, 0.1) is 0 Å². The summed E-state index contributed by atoms with van der Waals surface area (Å²) in [5, 5.41) is 1.09. The van der Waals surface area contributed by atoms with Crippen LogP contribution in [0.5, 0.6) is 0 Å². The number of hydrogen-bond acceptors (Lipinski definition) is 1. The number of rotatable bonds is 1. The van der Waals surface area contributed by atoms with Crippen molar-refractivity contribution in [3.63, 3.8) is 0 Å². The van der Waals surface area contributed by atoms with E-state index in [1.165, 1.54) is 0 Å². The summed E-state index contributed by atoms with van der Waals surface area (Å²) in [6.07, 6.45) is 2.76. The van der Waals surface area contributed by atoms with Gasteiger partial charge in [0, 0.05) is 22.7 Å². The SMILES string of the molecule is Cc1cc2[nH]ccc2cc1C=O. The highest BCUT2D eigenvalue weighted by atomic mass is 16.1. The first kappa shape index (κ1) is 7.10. The van der Waals surface area contributed by atoms with Gasteiger partial charge in [0.2, 0.25) is 0 Å². The lowest BCUT2D eigenvalue weighted by molar-refractivity contribution is 0.112. The molecule has 2 heteroatoms. The van der Waals surface area contributed by atoms with Crippen LogP contribution in [0.1, 0.15) is 15.9 Å². The second-order valence-electron chi connectivity index (χ2n) is 2.89. The normalized spacial score (nSPS) is 10.4. The maximum Gasteiger partial charge on any atom is 0.150 e. The molecule has 0 aliphatic carbocycles. The number of hydrogen-bond donors (Lipinski definition) is 1. The molecule has 1 N–H and O–H groups in total. The van der Waals surface area contributed by atoms with Crippen molar-refractivity contribution in [2.24, 2.45) is 0 Å². The van der Waals surface area contributed by atoms with Gasteiger partial charge in [-0.1, -0.05) is 0 Å². The van der Waals surface area contributed by atoms with Crippen LogP contribution in [0.2, 0.25) is 0 Å². The van der Waals surface area contributed by atoms with E-state index in [1.807, 2.05) is 31.3 Å². The number of carbonyl (C=O) groups is 1. The van der Waals surface area contributed by atoms with Crippen LogP contribution in [-0.2, 0) is 0 Å². The van der Waals surface area contributed by atoms with Gasteiger partial charge in [0.25, 0.3) is 0 Å². The summed E-state index contributed by atoms with van der Waals surface area (Å²) < 4.78 is 0. The largest absolute Gasteiger partial charge is 0.361 e. The van der Waals surface area contributed by atoms with Crippen LogP contribution in [0, 0.1) is 6.92 Å². The number of carbonyl (C=O) groups excluding carboxylic acids is 1. The molecule has 0 spiro atoms. The van der Waals surface area contributed by atoms with Gasteiger partial charge in [0.1, 0.15) is 6.29 Å². The fourth-order valence-corrected chi connectivity index (χ4v) is 1.35. The molecule has 0 saturated heterocycles. The Morgan fingerprint density at radius 1 is 1.42 bits per heavy atom. The van der Waals surface area contributed by atoms with Gasteiger partial charge in [-0.25, -0.2) is 0 Å². The summed E-state index contributed by atoms with van der Waals surface area (Å²) in [4.78, 5) is 13.7. The molecule has 0 atom stereocenters. The van der Waals surface area contributed by atoms with Crippen molar-refractivity contribution in [2.45, 2.75) is 6.92 Å². The fraction of sp³-hybridized carbons (Fsp3) is 0.100. The van der Waals surface area contributed by atoms with E-state index in [0.29, 0.717) is 0 Å². The van der Waals surface area contributed by atoms with Crippen molar-refractivity contribution in [3.8, 4) is 0 Å². The molecule has 0 bridgehead atoms. The highest BCUT2D eigenvalue weighted by Crippen LogP contribution is 2.16. The van der Waals surface area contributed by atoms with Gasteiger partial charge in [-0.05, 0) is 30.7 Å². The van der Waals surface area contributed by atoms with Crippen LogP contribution in [0.25, 0.3) is 10.9 Å². The van der Waals surface area contributed by atoms with Gasteiger partial charge < -0.3 is 4.98 Å². The molecule has 0 radical (unpaired) electrons. The molecule has 2 nitrogen and oxygen atoms in total. The molecular weight excluding hydrogens is 150 g/mol. The molecule has 12 heavy (non-hydrogen) atoms. The number of nitrogens with one attached hydrogen (secondary N) is 1. The number of aromatic amines is 1. The summed E-state index contributed by atoms with van der Waals surface area (Å²) in [7, 11) is 0. The lowest BCUT2D eigenvalue weighted by Gasteiger charge is -1.97. The molecule has 0 amide bonds. The maximum atomic E-state index is 10.6. The van der Waals surface area contributed by atoms with Gasteiger partial charge in [-0.15, -0.1) is 0 Å². The Morgan fingerprint density at radius 2 is 2.25 bits per heavy atom. The molecule has 0 aliphatic rings. The van der Waals surface area contributed by atoms with Crippen molar-refractivity contribution in [3.05, 3.63) is 35.5 Å². The average molecular weight is 159 g/mol. The van der Waals surface area contributed by atoms with E-state index in [9.17, 15) is 4.79 Å². The van der Waals surface area contributed by atoms with Gasteiger partial charge in [-0.3, -0.25) is 4.79 Å². The zero-order valence-electron chi connectivity index (χ0n) is 6.79. The molecule has 1 aromatic heterocycles. The van der Waals surface area contributed by atoms with Crippen LogP contribution < -0.4 is 0 Å². The third kappa shape index (κ3) is 0.925. The minimum absolute atomic E-state index is 0.766. The van der Waals surface area contributed by atoms with Crippen LogP contribution >= 0.6 is 0 Å². The first-order chi connectivity index (χ1) is 5.81. The third-order valence-electron chi connectivity index (χ3n) is 2.07. The van der Waals surface area contributed by atoms with E-state index in [0.717, 1.165) is 28.3 Å². The second-order valence-corrected chi connectivity index (χ2v) is 2.89. The minimum Gasteiger partial charge on any atom is -0.361 e. The predicted molar refractivity (Wildman–Crippen MR) is 48.4 cm³/mol. The van der Waals surface area contributed by atoms with Crippen LogP contribution in [0.3, 0.4) is 0 Å². The fourth-order valence-electron chi connectivity index (χ4n) is 1.35. The number of aryl methyl sites for hydroxylation is 1. The average Bonchev–Trinajstić information content (AvgIpc) is 2.49. The van der Waals surface area contributed by atoms with Crippen LogP contribution in [-0.4, -0.2) is 11.3 Å². The Morgan fingerprint density at radius 3 is 3.00 bits per heavy atom. The Balaban J connectivity index is 2.81. The molecule has 0 unspecified atom stereocenters. The van der Waals surface area contributed by atoms with Crippen molar-refractivity contribution in [1.82, 2.24) is 4.98 Å². The lowest BCUT2D eigenvalue weighted by Crippen LogP contribution is -1.84. The van der Waals surface area contributed by atoms with Crippen LogP contribution in [0.15, 0.2) is 24.4 Å². The first-order valence-electron chi connectivity index (χ1n) is 3.84. The van der Waals surface area contributed by atoms with Crippen LogP contribution in [0.4, 0.5) is 0 Å². The smallest absolute Gasteiger partial charge is 0.150 e. The first-order valence-corrected chi connectivity index (χ1v) is 3.84. The van der Waals surface area contributed by atoms with E-state index in [2.05, 4.69) is 4.98 Å². The summed E-state index contributed by atoms with van der Waals surface area (Å²) >= 11 is 0. The standard InChI is InChI=1S/C10H9NO/c1-7-4-10-8(2-3-11-10)5-9(7)6-12/h2-6,11H,1H3. The molecule has 0 saturated carbocycles. The van der Waals surface area contributed by atoms with Crippen molar-refractivity contribution in [2.75, 3.05) is 0 Å². The van der Waals surface area contributed by atoms with E-state index in [1.54, 1.807) is 0 Å². The topological polar surface area (TPSA) is 32.9 Å². The molecular formula is C10H9NO. The molecule has 0 aliphatic heterocycles. The Labute approximate surface area is 70.2 Å². The molecule has 1 aromatic carbocycles. The zero-order valence-corrected chi connectivity index (χ0v) is 6.79. The van der Waals surface area contributed by atoms with E-state index >= 15 is 0 Å². The highest BCUT2D eigenvalue weighted by molar-refractivity contribution is 5.88. The molecule has 2 rings (SSSR count). The summed E-state index contributed by atoms with van der Waals surface area (Å²) in [5.41, 5.74) is 2.86. The van der Waals surface area contributed by atoms with Gasteiger partial charge >= 0.3 is 0 Å². The Hall–Kier alpha value is -1.57. The molecule has 1 heterocycles. The second kappa shape index (κ2) is 2.48.